The summed E-state index contributed by atoms with van der Waals surface area (Å²) in [5.74, 6) is 0.447. The predicted octanol–water partition coefficient (Wildman–Crippen LogP) is 12.1. The number of nitrogen functional groups attached to an aromatic ring is 2. The fourth-order valence-electron chi connectivity index (χ4n) is 9.40. The SMILES string of the molecule is CC1(C)OB(B2OC(C)(C)C(C)(C)O2)OC1(C)C.CS(=O)(=O)Cl.Cn1nc(N)c2c(Cl)ccc(B3OC(C)(C)C(C)(C)O3)c21.Cn1nc(N)c2c(Cl)ccc(Br)c21.Cn1nc(NS(C)(=O)=O)c2c(Cl)ccc(B3OC(C)(C)C(C)(C)O3)c21.N#Cc1c(Cl)ccc(Br)c1F. The Morgan fingerprint density at radius 3 is 1.14 bits per heavy atom. The van der Waals surface area contributed by atoms with Crippen LogP contribution in [0.2, 0.25) is 20.1 Å². The van der Waals surface area contributed by atoms with Gasteiger partial charge in [-0.15, -0.1) is 0 Å². The molecule has 7 aromatic rings. The molecule has 93 heavy (non-hydrogen) atoms. The molecule has 7 heterocycles. The molecule has 4 aliphatic heterocycles. The molecule has 4 fully saturated rings. The van der Waals surface area contributed by atoms with Gasteiger partial charge >= 0.3 is 28.3 Å². The summed E-state index contributed by atoms with van der Waals surface area (Å²) in [5.41, 5.74) is 12.4. The number of nitrogens with zero attached hydrogens (tertiary/aromatic N) is 7. The van der Waals surface area contributed by atoms with Gasteiger partial charge in [0.2, 0.25) is 19.1 Å². The highest BCUT2D eigenvalue weighted by atomic mass is 79.9. The van der Waals surface area contributed by atoms with E-state index in [0.29, 0.717) is 37.6 Å². The van der Waals surface area contributed by atoms with Crippen LogP contribution in [0.3, 0.4) is 0 Å². The minimum absolute atomic E-state index is 0.124. The number of aromatic nitrogens is 6. The molecule has 0 spiro atoms. The summed E-state index contributed by atoms with van der Waals surface area (Å²) in [6.45, 7) is 32.2. The maximum Gasteiger partial charge on any atom is 0.497 e. The standard InChI is InChI=1S/C15H21BClN3O4S.C14H19BClN3O2.C12H24B2O4.C8H7BrClN3.C7H2BrClFN.CH3ClO2S/c1-14(2)15(3,4)24-16(23-14)9-7-8-10(17)11-12(9)20(5)18-13(11)19-25(6,21)22;1-13(2)14(3,4)21-15(20-13)8-6-7-9(16)10-11(8)19(5)18-12(10)17;1-9(2)10(3,4)16-13(15-9)14-17-11(5,6)12(7,8)18-14;1-13-7-4(9)2-3-5(10)6(7)8(11)12-13;8-5-1-2-6(9)4(3-11)7(5)10;1-5(2,3)4/h7-8H,1-6H3,(H,18,19);6-7H,1-5H3,(H2,17,18);1-8H3;2-3H,1H3,(H2,11,12);1-2H;1H3. The second-order valence-corrected chi connectivity index (χ2v) is 34.4. The number of halogens is 8. The molecular formula is C57H76B4Br2Cl5FN10O12S2. The molecule has 5 N–H and O–H groups in total. The second-order valence-electron chi connectivity index (χ2n) is 26.3. The van der Waals surface area contributed by atoms with Crippen LogP contribution in [0.4, 0.5) is 21.8 Å². The van der Waals surface area contributed by atoms with Gasteiger partial charge in [0.05, 0.1) is 115 Å². The van der Waals surface area contributed by atoms with E-state index in [0.717, 1.165) is 49.7 Å². The lowest BCUT2D eigenvalue weighted by Crippen LogP contribution is -2.41. The monoisotopic (exact) mass is 1550 g/mol. The quantitative estimate of drug-likeness (QED) is 0.0820. The Bertz CT molecular complexity index is 4130. The molecule has 22 nitrogen and oxygen atoms in total. The molecule has 0 radical (unpaired) electrons. The number of nitriles is 1. The van der Waals surface area contributed by atoms with E-state index in [1.807, 2.05) is 149 Å². The average molecular weight is 1560 g/mol. The molecule has 4 aliphatic rings. The van der Waals surface area contributed by atoms with Gasteiger partial charge in [-0.05, 0) is 179 Å². The topological polar surface area (TPSA) is 283 Å². The fraction of sp³-hybridized carbons (Fsp3) is 0.509. The van der Waals surface area contributed by atoms with Gasteiger partial charge in [-0.3, -0.25) is 18.8 Å². The van der Waals surface area contributed by atoms with Crippen LogP contribution in [0.5, 0.6) is 0 Å². The van der Waals surface area contributed by atoms with E-state index in [1.165, 1.54) is 12.1 Å². The number of nitrogens with two attached hydrogens (primary N) is 2. The van der Waals surface area contributed by atoms with E-state index in [2.05, 4.69) is 62.6 Å². The Morgan fingerprint density at radius 1 is 0.505 bits per heavy atom. The number of sulfonamides is 1. The first-order valence-electron chi connectivity index (χ1n) is 28.6. The number of aryl methyl sites for hydroxylation is 3. The number of fused-ring (bicyclic) bond motifs is 3. The highest BCUT2D eigenvalue weighted by Crippen LogP contribution is 2.44. The third kappa shape index (κ3) is 17.3. The zero-order chi connectivity index (χ0) is 70.9. The van der Waals surface area contributed by atoms with Crippen molar-refractivity contribution in [2.75, 3.05) is 28.7 Å². The summed E-state index contributed by atoms with van der Waals surface area (Å²) in [6, 6.07) is 15.5. The van der Waals surface area contributed by atoms with Crippen LogP contribution < -0.4 is 27.1 Å². The molecule has 3 aromatic heterocycles. The van der Waals surface area contributed by atoms with Gasteiger partial charge < -0.3 is 48.7 Å². The Balaban J connectivity index is 0.000000185. The predicted molar refractivity (Wildman–Crippen MR) is 380 cm³/mol. The van der Waals surface area contributed by atoms with Crippen molar-refractivity contribution in [3.8, 4) is 6.07 Å². The highest BCUT2D eigenvalue weighted by Gasteiger charge is 2.64. The van der Waals surface area contributed by atoms with Crippen LogP contribution in [-0.2, 0) is 77.5 Å². The van der Waals surface area contributed by atoms with Crippen molar-refractivity contribution in [1.82, 2.24) is 29.3 Å². The Kier molecular flexibility index (Phi) is 23.5. The smallest absolute Gasteiger partial charge is 0.405 e. The van der Waals surface area contributed by atoms with Crippen LogP contribution in [0.15, 0.2) is 57.5 Å². The number of nitrogens with one attached hydrogen (secondary N) is 1. The van der Waals surface area contributed by atoms with Gasteiger partial charge in [0.15, 0.2) is 23.3 Å². The maximum absolute atomic E-state index is 12.9. The molecule has 0 aliphatic carbocycles. The van der Waals surface area contributed by atoms with Gasteiger partial charge in [0.1, 0.15) is 11.6 Å². The lowest BCUT2D eigenvalue weighted by Gasteiger charge is -2.32. The Morgan fingerprint density at radius 2 is 0.796 bits per heavy atom. The van der Waals surface area contributed by atoms with Crippen molar-refractivity contribution < 1.29 is 58.5 Å². The molecule has 11 rings (SSSR count). The van der Waals surface area contributed by atoms with Gasteiger partial charge in [-0.1, -0.05) is 58.5 Å². The molecule has 0 bridgehead atoms. The molecule has 506 valence electrons. The molecule has 4 saturated heterocycles. The number of hydrogen-bond donors (Lipinski definition) is 3. The first-order chi connectivity index (χ1) is 42.1. The number of hydrogen-bond acceptors (Lipinski definition) is 18. The third-order valence-corrected chi connectivity index (χ3v) is 20.2. The number of benzene rings is 4. The minimum Gasteiger partial charge on any atom is -0.405 e. The van der Waals surface area contributed by atoms with E-state index in [-0.39, 0.29) is 43.3 Å². The Hall–Kier alpha value is -3.64. The zero-order valence-corrected chi connectivity index (χ0v) is 64.0. The van der Waals surface area contributed by atoms with Crippen molar-refractivity contribution in [2.45, 2.75) is 156 Å². The molecule has 0 amide bonds. The summed E-state index contributed by atoms with van der Waals surface area (Å²) in [6.07, 6.45) is 1.99. The average Bonchev–Trinajstić information content (AvgIpc) is 1.61. The largest absolute Gasteiger partial charge is 0.497 e. The van der Waals surface area contributed by atoms with Crippen LogP contribution in [0.1, 0.15) is 116 Å². The van der Waals surface area contributed by atoms with Crippen molar-refractivity contribution in [3.63, 3.8) is 0 Å². The molecule has 4 aromatic carbocycles. The van der Waals surface area contributed by atoms with Crippen LogP contribution in [0, 0.1) is 17.1 Å². The summed E-state index contributed by atoms with van der Waals surface area (Å²) >= 11 is 30.4. The van der Waals surface area contributed by atoms with Gasteiger partial charge in [-0.25, -0.2) is 21.2 Å². The number of anilines is 3. The fourth-order valence-corrected chi connectivity index (χ4v) is 11.7. The first kappa shape index (κ1) is 78.4. The molecule has 0 saturated carbocycles. The zero-order valence-electron chi connectivity index (χ0n) is 55.5. The van der Waals surface area contributed by atoms with Crippen molar-refractivity contribution >= 4 is 197 Å². The van der Waals surface area contributed by atoms with Crippen molar-refractivity contribution in [2.24, 2.45) is 21.1 Å². The van der Waals surface area contributed by atoms with E-state index < -0.39 is 75.6 Å². The van der Waals surface area contributed by atoms with E-state index in [1.54, 1.807) is 39.3 Å². The first-order valence-corrected chi connectivity index (χ1v) is 36.3. The summed E-state index contributed by atoms with van der Waals surface area (Å²) in [5, 5.41) is 24.8. The molecular weight excluding hydrogens is 1480 g/mol. The highest BCUT2D eigenvalue weighted by molar-refractivity contribution is 9.11. The van der Waals surface area contributed by atoms with E-state index in [4.69, 9.17) is 100 Å². The van der Waals surface area contributed by atoms with Crippen molar-refractivity contribution in [1.29, 1.82) is 5.26 Å². The van der Waals surface area contributed by atoms with Crippen LogP contribution in [0.25, 0.3) is 32.7 Å². The normalized spacial score (nSPS) is 19.3. The lowest BCUT2D eigenvalue weighted by molar-refractivity contribution is 0.00578. The van der Waals surface area contributed by atoms with E-state index in [9.17, 15) is 21.2 Å². The third-order valence-electron chi connectivity index (χ3n) is 17.1. The second kappa shape index (κ2) is 27.9. The van der Waals surface area contributed by atoms with Crippen LogP contribution >= 0.6 is 88.9 Å². The van der Waals surface area contributed by atoms with Gasteiger partial charge in [-0.2, -0.15) is 20.6 Å². The van der Waals surface area contributed by atoms with Gasteiger partial charge in [0, 0.05) is 47.2 Å². The molecule has 0 unspecified atom stereocenters. The minimum atomic E-state index is -3.49. The molecule has 36 heteroatoms. The van der Waals surface area contributed by atoms with E-state index >= 15 is 0 Å². The summed E-state index contributed by atoms with van der Waals surface area (Å²) in [7, 11) is 1.19. The lowest BCUT2D eigenvalue weighted by atomic mass is 9.49. The van der Waals surface area contributed by atoms with Crippen LogP contribution in [-0.4, -0.2) is 132 Å². The Labute approximate surface area is 586 Å². The summed E-state index contributed by atoms with van der Waals surface area (Å²) in [4.78, 5) is 0. The van der Waals surface area contributed by atoms with Crippen molar-refractivity contribution in [3.05, 3.63) is 88.9 Å². The molecule has 0 atom stereocenters. The number of rotatable bonds is 5. The summed E-state index contributed by atoms with van der Waals surface area (Å²) < 4.78 is 112. The maximum atomic E-state index is 12.9. The van der Waals surface area contributed by atoms with Gasteiger partial charge in [0.25, 0.3) is 0 Å².